The fourth-order valence-corrected chi connectivity index (χ4v) is 2.11. The van der Waals surface area contributed by atoms with Crippen LogP contribution in [0.5, 0.6) is 0 Å². The van der Waals surface area contributed by atoms with E-state index in [4.69, 9.17) is 23.1 Å². The Labute approximate surface area is 113 Å². The van der Waals surface area contributed by atoms with Crippen molar-refractivity contribution in [3.63, 3.8) is 0 Å². The molecule has 0 aliphatic heterocycles. The van der Waals surface area contributed by atoms with Crippen molar-refractivity contribution in [3.8, 4) is 0 Å². The second kappa shape index (κ2) is 7.24. The second-order valence-corrected chi connectivity index (χ2v) is 4.59. The molecule has 0 unspecified atom stereocenters. The number of carbonyl (C=O) groups is 1. The largest absolute Gasteiger partial charge is 0.368 e. The number of primary amides is 1. The Morgan fingerprint density at radius 2 is 2.17 bits per heavy atom. The molecule has 100 valence electrons. The van der Waals surface area contributed by atoms with Crippen molar-refractivity contribution in [2.45, 2.75) is 26.3 Å². The minimum absolute atomic E-state index is 0.188. The summed E-state index contributed by atoms with van der Waals surface area (Å²) in [6, 6.07) is 5.58. The van der Waals surface area contributed by atoms with Crippen LogP contribution >= 0.6 is 11.6 Å². The number of anilines is 1. The zero-order chi connectivity index (χ0) is 13.5. The van der Waals surface area contributed by atoms with Crippen molar-refractivity contribution >= 4 is 23.2 Å². The van der Waals surface area contributed by atoms with Gasteiger partial charge in [0.15, 0.2) is 0 Å². The fourth-order valence-electron chi connectivity index (χ4n) is 1.87. The number of nitrogens with zero attached hydrogens (tertiary/aromatic N) is 1. The Kier molecular flexibility index (Phi) is 5.95. The SMILES string of the molecule is CCCCN(CC(N)=O)c1cccc(Cl)c1CN. The molecule has 0 heterocycles. The Morgan fingerprint density at radius 1 is 1.44 bits per heavy atom. The Bertz CT molecular complexity index is 409. The van der Waals surface area contributed by atoms with Gasteiger partial charge in [0.1, 0.15) is 0 Å². The van der Waals surface area contributed by atoms with Gasteiger partial charge in [-0.1, -0.05) is 31.0 Å². The molecule has 0 radical (unpaired) electrons. The second-order valence-electron chi connectivity index (χ2n) is 4.18. The van der Waals surface area contributed by atoms with Gasteiger partial charge in [0.05, 0.1) is 6.54 Å². The highest BCUT2D eigenvalue weighted by molar-refractivity contribution is 6.31. The number of unbranched alkanes of at least 4 members (excludes halogenated alkanes) is 1. The molecule has 0 atom stereocenters. The molecule has 4 N–H and O–H groups in total. The fraction of sp³-hybridized carbons (Fsp3) is 0.462. The quantitative estimate of drug-likeness (QED) is 0.794. The van der Waals surface area contributed by atoms with E-state index in [0.717, 1.165) is 30.6 Å². The summed E-state index contributed by atoms with van der Waals surface area (Å²) < 4.78 is 0. The van der Waals surface area contributed by atoms with E-state index in [1.165, 1.54) is 0 Å². The number of hydrogen-bond donors (Lipinski definition) is 2. The predicted molar refractivity (Wildman–Crippen MR) is 75.7 cm³/mol. The van der Waals surface area contributed by atoms with Crippen molar-refractivity contribution in [1.29, 1.82) is 0 Å². The van der Waals surface area contributed by atoms with Crippen LogP contribution < -0.4 is 16.4 Å². The highest BCUT2D eigenvalue weighted by Gasteiger charge is 2.14. The third-order valence-corrected chi connectivity index (χ3v) is 3.12. The number of hydrogen-bond acceptors (Lipinski definition) is 3. The molecule has 1 aromatic carbocycles. The molecule has 0 aliphatic rings. The van der Waals surface area contributed by atoms with Gasteiger partial charge in [-0.3, -0.25) is 4.79 Å². The first-order chi connectivity index (χ1) is 8.60. The van der Waals surface area contributed by atoms with Gasteiger partial charge in [-0.15, -0.1) is 0 Å². The lowest BCUT2D eigenvalue weighted by Crippen LogP contribution is -2.35. The van der Waals surface area contributed by atoms with Gasteiger partial charge in [0.25, 0.3) is 0 Å². The highest BCUT2D eigenvalue weighted by Crippen LogP contribution is 2.27. The lowest BCUT2D eigenvalue weighted by molar-refractivity contribution is -0.116. The number of rotatable bonds is 7. The number of halogens is 1. The molecule has 0 bridgehead atoms. The third-order valence-electron chi connectivity index (χ3n) is 2.77. The molecule has 0 saturated carbocycles. The molecule has 0 aliphatic carbocycles. The molecule has 5 heteroatoms. The lowest BCUT2D eigenvalue weighted by Gasteiger charge is -2.26. The minimum Gasteiger partial charge on any atom is -0.368 e. The first-order valence-corrected chi connectivity index (χ1v) is 6.48. The van der Waals surface area contributed by atoms with Gasteiger partial charge >= 0.3 is 0 Å². The first-order valence-electron chi connectivity index (χ1n) is 6.10. The Morgan fingerprint density at radius 3 is 2.72 bits per heavy atom. The van der Waals surface area contributed by atoms with Crippen molar-refractivity contribution < 1.29 is 4.79 Å². The normalized spacial score (nSPS) is 10.4. The molecule has 1 rings (SSSR count). The summed E-state index contributed by atoms with van der Waals surface area (Å²) in [4.78, 5) is 13.1. The van der Waals surface area contributed by atoms with E-state index in [0.29, 0.717) is 11.6 Å². The molecular weight excluding hydrogens is 250 g/mol. The summed E-state index contributed by atoms with van der Waals surface area (Å²) in [5, 5.41) is 0.626. The molecule has 1 aromatic rings. The number of carbonyl (C=O) groups excluding carboxylic acids is 1. The van der Waals surface area contributed by atoms with Crippen LogP contribution in [0.25, 0.3) is 0 Å². The average Bonchev–Trinajstić information content (AvgIpc) is 2.33. The van der Waals surface area contributed by atoms with Gasteiger partial charge in [-0.05, 0) is 18.6 Å². The number of benzene rings is 1. The maximum Gasteiger partial charge on any atom is 0.236 e. The monoisotopic (exact) mass is 269 g/mol. The van der Waals surface area contributed by atoms with Crippen LogP contribution in [0, 0.1) is 0 Å². The van der Waals surface area contributed by atoms with Gasteiger partial charge < -0.3 is 16.4 Å². The van der Waals surface area contributed by atoms with Crippen LogP contribution in [0.4, 0.5) is 5.69 Å². The summed E-state index contributed by atoms with van der Waals surface area (Å²) in [7, 11) is 0. The zero-order valence-corrected chi connectivity index (χ0v) is 11.4. The molecular formula is C13H20ClN3O. The van der Waals surface area contributed by atoms with Crippen LogP contribution in [0.1, 0.15) is 25.3 Å². The number of nitrogens with two attached hydrogens (primary N) is 2. The molecule has 4 nitrogen and oxygen atoms in total. The summed E-state index contributed by atoms with van der Waals surface area (Å²) >= 11 is 6.12. The van der Waals surface area contributed by atoms with Gasteiger partial charge in [0.2, 0.25) is 5.91 Å². The maximum atomic E-state index is 11.1. The van der Waals surface area contributed by atoms with E-state index in [9.17, 15) is 4.79 Å². The van der Waals surface area contributed by atoms with Crippen LogP contribution in [0.3, 0.4) is 0 Å². The molecule has 0 saturated heterocycles. The average molecular weight is 270 g/mol. The zero-order valence-electron chi connectivity index (χ0n) is 10.7. The summed E-state index contributed by atoms with van der Waals surface area (Å²) in [6.07, 6.45) is 2.04. The van der Waals surface area contributed by atoms with Crippen LogP contribution in [-0.2, 0) is 11.3 Å². The topological polar surface area (TPSA) is 72.3 Å². The minimum atomic E-state index is -0.353. The van der Waals surface area contributed by atoms with E-state index >= 15 is 0 Å². The van der Waals surface area contributed by atoms with Crippen LogP contribution in [-0.4, -0.2) is 19.0 Å². The third kappa shape index (κ3) is 3.89. The van der Waals surface area contributed by atoms with Gasteiger partial charge in [0, 0.05) is 29.4 Å². The molecule has 0 fully saturated rings. The predicted octanol–water partition coefficient (Wildman–Crippen LogP) is 1.89. The molecule has 1 amide bonds. The molecule has 0 aromatic heterocycles. The number of amides is 1. The van der Waals surface area contributed by atoms with E-state index < -0.39 is 0 Å². The molecule has 18 heavy (non-hydrogen) atoms. The van der Waals surface area contributed by atoms with E-state index in [-0.39, 0.29) is 12.5 Å². The molecule has 0 spiro atoms. The van der Waals surface area contributed by atoms with Gasteiger partial charge in [-0.25, -0.2) is 0 Å². The Balaban J connectivity index is 3.03. The van der Waals surface area contributed by atoms with Crippen molar-refractivity contribution in [1.82, 2.24) is 0 Å². The van der Waals surface area contributed by atoms with E-state index in [2.05, 4.69) is 6.92 Å². The van der Waals surface area contributed by atoms with Crippen LogP contribution in [0.15, 0.2) is 18.2 Å². The summed E-state index contributed by atoms with van der Waals surface area (Å²) in [6.45, 7) is 3.40. The highest BCUT2D eigenvalue weighted by atomic mass is 35.5. The van der Waals surface area contributed by atoms with Crippen molar-refractivity contribution in [3.05, 3.63) is 28.8 Å². The Hall–Kier alpha value is -1.26. The summed E-state index contributed by atoms with van der Waals surface area (Å²) in [5.41, 5.74) is 12.8. The van der Waals surface area contributed by atoms with Crippen molar-refractivity contribution in [2.75, 3.05) is 18.0 Å². The summed E-state index contributed by atoms with van der Waals surface area (Å²) in [5.74, 6) is -0.353. The van der Waals surface area contributed by atoms with E-state index in [1.54, 1.807) is 6.07 Å². The maximum absolute atomic E-state index is 11.1. The first kappa shape index (κ1) is 14.8. The van der Waals surface area contributed by atoms with E-state index in [1.807, 2.05) is 17.0 Å². The van der Waals surface area contributed by atoms with Crippen molar-refractivity contribution in [2.24, 2.45) is 11.5 Å². The standard InChI is InChI=1S/C13H20ClN3O/c1-2-3-7-17(9-13(16)18)12-6-4-5-11(14)10(12)8-15/h4-6H,2-3,7-9,15H2,1H3,(H2,16,18). The lowest BCUT2D eigenvalue weighted by atomic mass is 10.1. The van der Waals surface area contributed by atoms with Crippen LogP contribution in [0.2, 0.25) is 5.02 Å². The smallest absolute Gasteiger partial charge is 0.236 e. The van der Waals surface area contributed by atoms with Gasteiger partial charge in [-0.2, -0.15) is 0 Å².